The molecule has 5 rings (SSSR count). The fraction of sp³-hybridized carbons (Fsp3) is 0.0952. The number of fused-ring (bicyclic) bond motifs is 2. The van der Waals surface area contributed by atoms with Crippen LogP contribution in [0.3, 0.4) is 0 Å². The lowest BCUT2D eigenvalue weighted by atomic mass is 9.96. The number of nitrogens with one attached hydrogen (secondary N) is 1. The van der Waals surface area contributed by atoms with Crippen LogP contribution in [0.15, 0.2) is 72.8 Å². The van der Waals surface area contributed by atoms with Gasteiger partial charge in [0.2, 0.25) is 5.95 Å². The van der Waals surface area contributed by atoms with Crippen molar-refractivity contribution in [3.63, 3.8) is 0 Å². The lowest BCUT2D eigenvalue weighted by molar-refractivity contribution is 0.415. The van der Waals surface area contributed by atoms with Gasteiger partial charge in [-0.15, -0.1) is 0 Å². The molecule has 27 heavy (non-hydrogen) atoms. The fourth-order valence-electron chi connectivity index (χ4n) is 3.52. The second-order valence-corrected chi connectivity index (χ2v) is 6.39. The van der Waals surface area contributed by atoms with Gasteiger partial charge in [0.05, 0.1) is 7.11 Å². The minimum atomic E-state index is -0.0977. The number of benzene rings is 3. The summed E-state index contributed by atoms with van der Waals surface area (Å²) in [4.78, 5) is 0. The lowest BCUT2D eigenvalue weighted by Crippen LogP contribution is -2.20. The number of methoxy groups -OCH3 is 1. The van der Waals surface area contributed by atoms with Crippen LogP contribution < -0.4 is 10.1 Å². The Morgan fingerprint density at radius 2 is 1.78 bits per heavy atom. The molecule has 3 aromatic carbocycles. The molecular weight excluding hydrogens is 338 g/mol. The molecule has 1 atom stereocenters. The fourth-order valence-corrected chi connectivity index (χ4v) is 3.52. The first kappa shape index (κ1) is 15.6. The molecule has 0 radical (unpaired) electrons. The molecule has 6 heteroatoms. The van der Waals surface area contributed by atoms with E-state index in [4.69, 9.17) is 4.74 Å². The first-order valence-electron chi connectivity index (χ1n) is 8.72. The molecule has 1 aromatic heterocycles. The second-order valence-electron chi connectivity index (χ2n) is 6.39. The predicted octanol–water partition coefficient (Wildman–Crippen LogP) is 3.89. The SMILES string of the molecule is COc1ccc(C2=C[C@H](c3cccc4ccccc34)n3nnnc3N2)cc1. The Kier molecular flexibility index (Phi) is 3.60. The maximum absolute atomic E-state index is 5.26. The number of allylic oxidation sites excluding steroid dienone is 1. The van der Waals surface area contributed by atoms with Crippen LogP contribution in [-0.2, 0) is 0 Å². The minimum Gasteiger partial charge on any atom is -0.497 e. The molecule has 0 amide bonds. The van der Waals surface area contributed by atoms with Crippen molar-refractivity contribution in [2.24, 2.45) is 0 Å². The molecule has 1 N–H and O–H groups in total. The van der Waals surface area contributed by atoms with E-state index in [1.54, 1.807) is 7.11 Å². The third-order valence-electron chi connectivity index (χ3n) is 4.87. The minimum absolute atomic E-state index is 0.0977. The van der Waals surface area contributed by atoms with Gasteiger partial charge < -0.3 is 10.1 Å². The van der Waals surface area contributed by atoms with Crippen LogP contribution in [0.4, 0.5) is 5.95 Å². The largest absolute Gasteiger partial charge is 0.497 e. The molecule has 0 spiro atoms. The van der Waals surface area contributed by atoms with E-state index in [1.165, 1.54) is 10.8 Å². The van der Waals surface area contributed by atoms with Crippen LogP contribution in [0.5, 0.6) is 5.75 Å². The highest BCUT2D eigenvalue weighted by molar-refractivity contribution is 5.87. The van der Waals surface area contributed by atoms with Gasteiger partial charge in [0.15, 0.2) is 0 Å². The summed E-state index contributed by atoms with van der Waals surface area (Å²) in [6.07, 6.45) is 2.16. The van der Waals surface area contributed by atoms with E-state index in [9.17, 15) is 0 Å². The molecule has 0 bridgehead atoms. The summed E-state index contributed by atoms with van der Waals surface area (Å²) < 4.78 is 7.08. The van der Waals surface area contributed by atoms with E-state index in [-0.39, 0.29) is 6.04 Å². The Labute approximate surface area is 156 Å². The van der Waals surface area contributed by atoms with Crippen LogP contribution in [0.2, 0.25) is 0 Å². The number of rotatable bonds is 3. The molecule has 1 aliphatic rings. The molecule has 0 unspecified atom stereocenters. The van der Waals surface area contributed by atoms with Crippen LogP contribution in [0, 0.1) is 0 Å². The van der Waals surface area contributed by atoms with Crippen molar-refractivity contribution in [2.45, 2.75) is 6.04 Å². The maximum atomic E-state index is 5.26. The topological polar surface area (TPSA) is 64.9 Å². The summed E-state index contributed by atoms with van der Waals surface area (Å²) >= 11 is 0. The van der Waals surface area contributed by atoms with Gasteiger partial charge in [0.1, 0.15) is 11.8 Å². The molecular formula is C21H17N5O. The number of nitrogens with zero attached hydrogens (tertiary/aromatic N) is 4. The van der Waals surface area contributed by atoms with Gasteiger partial charge in [0, 0.05) is 5.70 Å². The van der Waals surface area contributed by atoms with Crippen molar-refractivity contribution < 1.29 is 4.74 Å². The van der Waals surface area contributed by atoms with Crippen LogP contribution in [0.25, 0.3) is 16.5 Å². The van der Waals surface area contributed by atoms with Crippen LogP contribution >= 0.6 is 0 Å². The van der Waals surface area contributed by atoms with Crippen molar-refractivity contribution in [1.82, 2.24) is 20.2 Å². The zero-order chi connectivity index (χ0) is 18.2. The van der Waals surface area contributed by atoms with E-state index in [2.05, 4.69) is 69.4 Å². The van der Waals surface area contributed by atoms with Crippen molar-refractivity contribution in [3.05, 3.63) is 83.9 Å². The van der Waals surface area contributed by atoms with Crippen molar-refractivity contribution in [3.8, 4) is 5.75 Å². The van der Waals surface area contributed by atoms with E-state index in [0.717, 1.165) is 22.6 Å². The Balaban J connectivity index is 1.66. The summed E-state index contributed by atoms with van der Waals surface area (Å²) in [5.74, 6) is 1.45. The molecule has 0 saturated heterocycles. The van der Waals surface area contributed by atoms with Gasteiger partial charge in [-0.05, 0) is 62.7 Å². The number of aromatic nitrogens is 4. The number of hydrogen-bond acceptors (Lipinski definition) is 5. The normalized spacial score (nSPS) is 15.7. The van der Waals surface area contributed by atoms with Gasteiger partial charge in [-0.1, -0.05) is 47.6 Å². The summed E-state index contributed by atoms with van der Waals surface area (Å²) in [5.41, 5.74) is 3.18. The molecule has 0 fully saturated rings. The average Bonchev–Trinajstić information content (AvgIpc) is 3.21. The van der Waals surface area contributed by atoms with Gasteiger partial charge in [-0.25, -0.2) is 0 Å². The zero-order valence-electron chi connectivity index (χ0n) is 14.7. The average molecular weight is 355 g/mol. The number of hydrogen-bond donors (Lipinski definition) is 1. The second kappa shape index (κ2) is 6.25. The van der Waals surface area contributed by atoms with Crippen molar-refractivity contribution >= 4 is 22.4 Å². The summed E-state index contributed by atoms with van der Waals surface area (Å²) in [6.45, 7) is 0. The van der Waals surface area contributed by atoms with E-state index in [1.807, 2.05) is 28.9 Å². The monoisotopic (exact) mass is 355 g/mol. The highest BCUT2D eigenvalue weighted by Gasteiger charge is 2.25. The summed E-state index contributed by atoms with van der Waals surface area (Å²) in [6, 6.07) is 22.5. The van der Waals surface area contributed by atoms with Crippen molar-refractivity contribution in [1.29, 1.82) is 0 Å². The maximum Gasteiger partial charge on any atom is 0.248 e. The first-order chi connectivity index (χ1) is 13.3. The third-order valence-corrected chi connectivity index (χ3v) is 4.87. The highest BCUT2D eigenvalue weighted by Crippen LogP contribution is 2.35. The van der Waals surface area contributed by atoms with Crippen molar-refractivity contribution in [2.75, 3.05) is 12.4 Å². The van der Waals surface area contributed by atoms with Crippen LogP contribution in [-0.4, -0.2) is 27.3 Å². The lowest BCUT2D eigenvalue weighted by Gasteiger charge is -2.24. The molecule has 1 aliphatic heterocycles. The standard InChI is InChI=1S/C21H17N5O/c1-27-16-11-9-15(10-12-16)19-13-20(26-21(22-19)23-24-25-26)18-8-4-6-14-5-2-3-7-17(14)18/h2-13,20H,1H3,(H,22,23,25)/t20-/m1/s1. The Hall–Kier alpha value is -3.67. The number of ether oxygens (including phenoxy) is 1. The molecule has 2 heterocycles. The molecule has 0 aliphatic carbocycles. The molecule has 0 saturated carbocycles. The number of anilines is 1. The van der Waals surface area contributed by atoms with E-state index < -0.39 is 0 Å². The van der Waals surface area contributed by atoms with E-state index in [0.29, 0.717) is 5.95 Å². The van der Waals surface area contributed by atoms with Gasteiger partial charge in [-0.3, -0.25) is 0 Å². The van der Waals surface area contributed by atoms with Crippen LogP contribution in [0.1, 0.15) is 17.2 Å². The molecule has 132 valence electrons. The Morgan fingerprint density at radius 3 is 2.63 bits per heavy atom. The zero-order valence-corrected chi connectivity index (χ0v) is 14.7. The smallest absolute Gasteiger partial charge is 0.248 e. The Bertz CT molecular complexity index is 1140. The predicted molar refractivity (Wildman–Crippen MR) is 104 cm³/mol. The number of tetrazole rings is 1. The Morgan fingerprint density at radius 1 is 0.963 bits per heavy atom. The van der Waals surface area contributed by atoms with E-state index >= 15 is 0 Å². The first-order valence-corrected chi connectivity index (χ1v) is 8.72. The highest BCUT2D eigenvalue weighted by atomic mass is 16.5. The molecule has 4 aromatic rings. The van der Waals surface area contributed by atoms with Gasteiger partial charge in [0.25, 0.3) is 0 Å². The molecule has 6 nitrogen and oxygen atoms in total. The van der Waals surface area contributed by atoms with Gasteiger partial charge in [-0.2, -0.15) is 4.68 Å². The summed E-state index contributed by atoms with van der Waals surface area (Å²) in [7, 11) is 1.66. The quantitative estimate of drug-likeness (QED) is 0.604. The van der Waals surface area contributed by atoms with Gasteiger partial charge >= 0.3 is 0 Å². The third kappa shape index (κ3) is 2.62. The summed E-state index contributed by atoms with van der Waals surface area (Å²) in [5, 5.41) is 17.9.